The van der Waals surface area contributed by atoms with E-state index in [2.05, 4.69) is 15.9 Å². The first-order valence-electron chi connectivity index (χ1n) is 8.02. The van der Waals surface area contributed by atoms with Gasteiger partial charge in [0.2, 0.25) is 0 Å². The van der Waals surface area contributed by atoms with Crippen LogP contribution in [0.1, 0.15) is 16.8 Å². The average Bonchev–Trinajstić information content (AvgIpc) is 2.62. The van der Waals surface area contributed by atoms with E-state index in [-0.39, 0.29) is 19.0 Å². The molecule has 3 rings (SSSR count). The molecule has 0 bridgehead atoms. The first kappa shape index (κ1) is 18.5. The van der Waals surface area contributed by atoms with E-state index in [0.29, 0.717) is 38.2 Å². The summed E-state index contributed by atoms with van der Waals surface area (Å²) in [7, 11) is -3.51. The molecule has 0 atom stereocenters. The van der Waals surface area contributed by atoms with E-state index >= 15 is 0 Å². The Kier molecular flexibility index (Phi) is 5.57. The third-order valence-corrected chi connectivity index (χ3v) is 7.11. The van der Waals surface area contributed by atoms with Crippen LogP contribution in [0.25, 0.3) is 0 Å². The summed E-state index contributed by atoms with van der Waals surface area (Å²) >= 11 is 3.39. The largest absolute Gasteiger partial charge is 0.336 e. The zero-order chi connectivity index (χ0) is 18.0. The summed E-state index contributed by atoms with van der Waals surface area (Å²) in [6.07, 6.45) is 2.53. The lowest BCUT2D eigenvalue weighted by Gasteiger charge is -2.37. The number of hydrogen-bond donors (Lipinski definition) is 0. The molecule has 2 aliphatic rings. The van der Waals surface area contributed by atoms with Crippen molar-refractivity contribution in [2.24, 2.45) is 0 Å². The van der Waals surface area contributed by atoms with E-state index < -0.39 is 16.0 Å². The Balaban J connectivity index is 1.61. The molecule has 0 saturated carbocycles. The Morgan fingerprint density at radius 1 is 1.00 bits per heavy atom. The molecule has 0 radical (unpaired) electrons. The maximum absolute atomic E-state index is 13.0. The number of amides is 1. The van der Waals surface area contributed by atoms with Gasteiger partial charge in [-0.1, -0.05) is 22.0 Å². The summed E-state index contributed by atoms with van der Waals surface area (Å²) < 4.78 is 42.3. The second-order valence-electron chi connectivity index (χ2n) is 5.96. The van der Waals surface area contributed by atoms with Gasteiger partial charge in [-0.25, -0.2) is 4.39 Å². The molecule has 1 aromatic carbocycles. The van der Waals surface area contributed by atoms with Gasteiger partial charge in [0, 0.05) is 44.8 Å². The van der Waals surface area contributed by atoms with Crippen LogP contribution >= 0.6 is 15.9 Å². The monoisotopic (exact) mass is 431 g/mol. The minimum absolute atomic E-state index is 0.207. The molecule has 0 unspecified atom stereocenters. The highest BCUT2D eigenvalue weighted by atomic mass is 79.9. The topological polar surface area (TPSA) is 60.9 Å². The summed E-state index contributed by atoms with van der Waals surface area (Å²) in [5.74, 6) is -0.600. The van der Waals surface area contributed by atoms with Crippen molar-refractivity contribution < 1.29 is 17.6 Å². The second-order valence-corrected chi connectivity index (χ2v) is 8.91. The lowest BCUT2D eigenvalue weighted by Crippen LogP contribution is -2.54. The van der Waals surface area contributed by atoms with Gasteiger partial charge < -0.3 is 4.90 Å². The van der Waals surface area contributed by atoms with Gasteiger partial charge in [-0.2, -0.15) is 17.0 Å². The first-order chi connectivity index (χ1) is 11.9. The van der Waals surface area contributed by atoms with Gasteiger partial charge in [0.15, 0.2) is 0 Å². The van der Waals surface area contributed by atoms with Gasteiger partial charge in [0.25, 0.3) is 16.1 Å². The van der Waals surface area contributed by atoms with Crippen molar-refractivity contribution in [2.75, 3.05) is 39.3 Å². The van der Waals surface area contributed by atoms with Gasteiger partial charge in [-0.15, -0.1) is 0 Å². The Morgan fingerprint density at radius 2 is 1.64 bits per heavy atom. The van der Waals surface area contributed by atoms with Crippen molar-refractivity contribution in [3.8, 4) is 0 Å². The minimum Gasteiger partial charge on any atom is -0.336 e. The van der Waals surface area contributed by atoms with Crippen LogP contribution in [-0.2, 0) is 10.2 Å². The SMILES string of the molecule is O=C(c1ccc(F)cc1)N1CCN(S(=O)(=O)N2CC=C(Br)CC2)CC1. The number of rotatable bonds is 3. The van der Waals surface area contributed by atoms with Crippen LogP contribution in [0.2, 0.25) is 0 Å². The number of hydrogen-bond acceptors (Lipinski definition) is 3. The Hall–Kier alpha value is -1.29. The van der Waals surface area contributed by atoms with Crippen molar-refractivity contribution >= 4 is 32.0 Å². The van der Waals surface area contributed by atoms with E-state index in [1.807, 2.05) is 6.08 Å². The van der Waals surface area contributed by atoms with Gasteiger partial charge >= 0.3 is 0 Å². The van der Waals surface area contributed by atoms with E-state index in [9.17, 15) is 17.6 Å². The van der Waals surface area contributed by atoms with Crippen LogP contribution in [0.4, 0.5) is 4.39 Å². The molecule has 2 aliphatic heterocycles. The van der Waals surface area contributed by atoms with Crippen LogP contribution in [0.15, 0.2) is 34.8 Å². The van der Waals surface area contributed by atoms with Gasteiger partial charge in [-0.05, 0) is 35.2 Å². The molecule has 0 aromatic heterocycles. The summed E-state index contributed by atoms with van der Waals surface area (Å²) in [5, 5.41) is 0. The molecule has 0 spiro atoms. The van der Waals surface area contributed by atoms with Crippen LogP contribution in [0.3, 0.4) is 0 Å². The molecular weight excluding hydrogens is 413 g/mol. The summed E-state index contributed by atoms with van der Waals surface area (Å²) in [6, 6.07) is 5.38. The second kappa shape index (κ2) is 7.53. The predicted molar refractivity (Wildman–Crippen MR) is 96.0 cm³/mol. The molecule has 9 heteroatoms. The van der Waals surface area contributed by atoms with Crippen molar-refractivity contribution in [1.82, 2.24) is 13.5 Å². The highest BCUT2D eigenvalue weighted by molar-refractivity contribution is 9.11. The normalized spacial score (nSPS) is 20.4. The summed E-state index contributed by atoms with van der Waals surface area (Å²) in [5.41, 5.74) is 0.406. The fourth-order valence-electron chi connectivity index (χ4n) is 2.90. The lowest BCUT2D eigenvalue weighted by molar-refractivity contribution is 0.0694. The van der Waals surface area contributed by atoms with Crippen molar-refractivity contribution in [3.05, 3.63) is 46.2 Å². The van der Waals surface area contributed by atoms with Gasteiger partial charge in [-0.3, -0.25) is 4.79 Å². The highest BCUT2D eigenvalue weighted by Crippen LogP contribution is 2.21. The van der Waals surface area contributed by atoms with Crippen molar-refractivity contribution in [2.45, 2.75) is 6.42 Å². The lowest BCUT2D eigenvalue weighted by atomic mass is 10.2. The van der Waals surface area contributed by atoms with E-state index in [0.717, 1.165) is 4.48 Å². The fraction of sp³-hybridized carbons (Fsp3) is 0.438. The smallest absolute Gasteiger partial charge is 0.282 e. The number of nitrogens with zero attached hydrogens (tertiary/aromatic N) is 3. The zero-order valence-electron chi connectivity index (χ0n) is 13.6. The van der Waals surface area contributed by atoms with Crippen molar-refractivity contribution in [1.29, 1.82) is 0 Å². The molecule has 1 aromatic rings. The van der Waals surface area contributed by atoms with E-state index in [4.69, 9.17) is 0 Å². The number of carbonyl (C=O) groups excluding carboxylic acids is 1. The molecule has 0 N–H and O–H groups in total. The number of halogens is 2. The maximum Gasteiger partial charge on any atom is 0.282 e. The summed E-state index contributed by atoms with van der Waals surface area (Å²) in [6.45, 7) is 1.98. The standard InChI is InChI=1S/C16H19BrFN3O3S/c17-14-5-7-20(8-6-14)25(23,24)21-11-9-19(10-12-21)16(22)13-1-3-15(18)4-2-13/h1-5H,6-12H2. The first-order valence-corrected chi connectivity index (χ1v) is 10.2. The number of piperazine rings is 1. The number of benzene rings is 1. The maximum atomic E-state index is 13.0. The Bertz CT molecular complexity index is 774. The zero-order valence-corrected chi connectivity index (χ0v) is 16.0. The highest BCUT2D eigenvalue weighted by Gasteiger charge is 2.34. The average molecular weight is 432 g/mol. The fourth-order valence-corrected chi connectivity index (χ4v) is 4.75. The van der Waals surface area contributed by atoms with E-state index in [1.54, 1.807) is 4.90 Å². The molecule has 1 saturated heterocycles. The van der Waals surface area contributed by atoms with Crippen LogP contribution in [0, 0.1) is 5.82 Å². The summed E-state index contributed by atoms with van der Waals surface area (Å²) in [4.78, 5) is 14.0. The van der Waals surface area contributed by atoms with Gasteiger partial charge in [0.1, 0.15) is 5.82 Å². The molecular formula is C16H19BrFN3O3S. The Labute approximate surface area is 155 Å². The van der Waals surface area contributed by atoms with Crippen molar-refractivity contribution in [3.63, 3.8) is 0 Å². The molecule has 6 nitrogen and oxygen atoms in total. The molecule has 0 aliphatic carbocycles. The van der Waals surface area contributed by atoms with Crippen LogP contribution in [-0.4, -0.2) is 67.1 Å². The third kappa shape index (κ3) is 4.11. The predicted octanol–water partition coefficient (Wildman–Crippen LogP) is 1.81. The molecule has 1 fully saturated rings. The van der Waals surface area contributed by atoms with E-state index in [1.165, 1.54) is 32.9 Å². The quantitative estimate of drug-likeness (QED) is 0.732. The van der Waals surface area contributed by atoms with Crippen LogP contribution in [0.5, 0.6) is 0 Å². The Morgan fingerprint density at radius 3 is 2.20 bits per heavy atom. The molecule has 136 valence electrons. The third-order valence-electron chi connectivity index (χ3n) is 4.39. The number of carbonyl (C=O) groups is 1. The molecule has 25 heavy (non-hydrogen) atoms. The molecule has 2 heterocycles. The van der Waals surface area contributed by atoms with Gasteiger partial charge in [0.05, 0.1) is 0 Å². The molecule has 1 amide bonds. The van der Waals surface area contributed by atoms with Crippen LogP contribution < -0.4 is 0 Å². The minimum atomic E-state index is -3.51.